The Labute approximate surface area is 273 Å². The number of carboxylic acids is 1. The number of hydrogen-bond acceptors (Lipinski definition) is 14. The molecule has 0 radical (unpaired) electrons. The van der Waals surface area contributed by atoms with Crippen LogP contribution >= 0.6 is 11.3 Å². The molecule has 48 heavy (non-hydrogen) atoms. The number of aliphatic carboxylic acids is 1. The molecule has 20 nitrogen and oxygen atoms in total. The number of nitrogens with one attached hydrogen (secondary N) is 4. The number of thiazole rings is 1. The van der Waals surface area contributed by atoms with Crippen molar-refractivity contribution >= 4 is 67.8 Å². The van der Waals surface area contributed by atoms with Crippen molar-refractivity contribution in [2.24, 2.45) is 5.16 Å². The minimum Gasteiger partial charge on any atom is -0.503 e. The zero-order chi connectivity index (χ0) is 35.6. The lowest BCUT2D eigenvalue weighted by Gasteiger charge is -2.44. The number of carbonyl (C=O) groups is 5. The van der Waals surface area contributed by atoms with Crippen LogP contribution < -0.4 is 27.1 Å². The Bertz CT molecular complexity index is 1990. The second-order valence-electron chi connectivity index (χ2n) is 10.4. The second-order valence-corrected chi connectivity index (χ2v) is 12.6. The molecular formula is C26H26N8O12S2. The molecule has 0 aliphatic carbocycles. The molecule has 0 bridgehead atoms. The summed E-state index contributed by atoms with van der Waals surface area (Å²) in [6.07, 6.45) is 0.945. The molecule has 3 heterocycles. The third-order valence-electron chi connectivity index (χ3n) is 6.58. The van der Waals surface area contributed by atoms with Gasteiger partial charge in [-0.3, -0.25) is 28.5 Å². The highest BCUT2D eigenvalue weighted by molar-refractivity contribution is 7.84. The quantitative estimate of drug-likeness (QED) is 0.0479. The summed E-state index contributed by atoms with van der Waals surface area (Å²) in [6, 6.07) is 2.99. The van der Waals surface area contributed by atoms with E-state index in [1.165, 1.54) is 29.6 Å². The Kier molecular flexibility index (Phi) is 9.82. The minimum atomic E-state index is -5.14. The van der Waals surface area contributed by atoms with E-state index < -0.39 is 81.0 Å². The first-order chi connectivity index (χ1) is 22.4. The number of nitrogens with zero attached hydrogens (tertiary/aromatic N) is 3. The van der Waals surface area contributed by atoms with E-state index in [2.05, 4.69) is 31.1 Å². The van der Waals surface area contributed by atoms with Crippen LogP contribution in [0.15, 0.2) is 51.9 Å². The van der Waals surface area contributed by atoms with Crippen molar-refractivity contribution in [3.63, 3.8) is 0 Å². The molecule has 0 unspecified atom stereocenters. The van der Waals surface area contributed by atoms with E-state index in [0.29, 0.717) is 0 Å². The molecule has 1 aromatic carbocycles. The van der Waals surface area contributed by atoms with E-state index in [9.17, 15) is 52.0 Å². The Morgan fingerprint density at radius 2 is 1.83 bits per heavy atom. The number of hydrogen-bond donors (Lipinski definition) is 8. The molecule has 4 amide bonds. The number of H-pyrrole nitrogens is 1. The van der Waals surface area contributed by atoms with Gasteiger partial charge in [0.2, 0.25) is 11.0 Å². The number of aromatic amines is 1. The first-order valence-electron chi connectivity index (χ1n) is 13.3. The number of anilines is 2. The van der Waals surface area contributed by atoms with Gasteiger partial charge in [-0.05, 0) is 38.1 Å². The smallest absolute Gasteiger partial charge is 0.362 e. The number of pyridine rings is 1. The summed E-state index contributed by atoms with van der Waals surface area (Å²) in [7, 11) is -5.14. The van der Waals surface area contributed by atoms with Gasteiger partial charge in [0.15, 0.2) is 16.6 Å². The highest BCUT2D eigenvalue weighted by Gasteiger charge is 2.54. The number of carbonyl (C=O) groups excluding carboxylic acids is 4. The number of benzene rings is 1. The SMILES string of the molecule is CC(C)(O/N=C(\C(=O)N[C@@H]1C(=O)N(S(=O)(=O)O)[C@@H]1CNC(=O)c1ccc(NC(=O)c2cc(=O)c(O)c[nH]2)cc1)c1csc(N)n1)C(=O)O. The fourth-order valence-electron chi connectivity index (χ4n) is 3.97. The first kappa shape index (κ1) is 35.0. The summed E-state index contributed by atoms with van der Waals surface area (Å²) in [5, 5.41) is 30.6. The van der Waals surface area contributed by atoms with Crippen LogP contribution in [0.4, 0.5) is 10.8 Å². The summed E-state index contributed by atoms with van der Waals surface area (Å²) in [6.45, 7) is 1.69. The van der Waals surface area contributed by atoms with E-state index in [-0.39, 0.29) is 32.1 Å². The maximum atomic E-state index is 13.2. The standard InChI is InChI=1S/C26H26N8O12S2/c1-26(2,24(41)42)46-33-18(14-10-47-25(27)31-14)22(39)32-19-15(34(23(19)40)48(43,44)45)8-29-20(37)11-3-5-12(6-4-11)30-21(38)13-7-16(35)17(36)9-28-13/h3-7,9-10,15,19,36H,8H2,1-2H3,(H2,27,31)(H,28,35)(H,29,37)(H,30,38)(H,32,39)(H,41,42)(H,43,44,45)/b33-18-/t15-,19+/m1/s1. The summed E-state index contributed by atoms with van der Waals surface area (Å²) in [5.74, 6) is -5.91. The van der Waals surface area contributed by atoms with Gasteiger partial charge in [0.1, 0.15) is 17.4 Å². The average Bonchev–Trinajstić information content (AvgIpc) is 3.44. The fraction of sp³-hybridized carbons (Fsp3) is 0.231. The predicted molar refractivity (Wildman–Crippen MR) is 165 cm³/mol. The predicted octanol–water partition coefficient (Wildman–Crippen LogP) is -1.12. The number of carboxylic acid groups (broad SMARTS) is 1. The third-order valence-corrected chi connectivity index (χ3v) is 8.20. The average molecular weight is 707 g/mol. The van der Waals surface area contributed by atoms with Gasteiger partial charge in [-0.25, -0.2) is 14.1 Å². The van der Waals surface area contributed by atoms with Crippen molar-refractivity contribution in [2.75, 3.05) is 17.6 Å². The highest BCUT2D eigenvalue weighted by atomic mass is 32.2. The number of amides is 4. The van der Waals surface area contributed by atoms with E-state index in [4.69, 9.17) is 10.6 Å². The van der Waals surface area contributed by atoms with Gasteiger partial charge < -0.3 is 41.7 Å². The molecule has 9 N–H and O–H groups in total. The van der Waals surface area contributed by atoms with E-state index in [1.807, 2.05) is 0 Å². The molecule has 1 aliphatic heterocycles. The van der Waals surface area contributed by atoms with Crippen molar-refractivity contribution in [1.82, 2.24) is 24.9 Å². The van der Waals surface area contributed by atoms with Crippen LogP contribution in [0, 0.1) is 0 Å². The van der Waals surface area contributed by atoms with Crippen molar-refractivity contribution < 1.29 is 52.0 Å². The molecule has 4 rings (SSSR count). The number of aromatic nitrogens is 2. The molecule has 2 atom stereocenters. The van der Waals surface area contributed by atoms with Gasteiger partial charge in [0, 0.05) is 35.4 Å². The number of aromatic hydroxyl groups is 1. The number of β-lactam (4-membered cyclic amide) rings is 1. The topological polar surface area (TPSA) is 313 Å². The van der Waals surface area contributed by atoms with Crippen LogP contribution in [0.3, 0.4) is 0 Å². The van der Waals surface area contributed by atoms with Gasteiger partial charge >= 0.3 is 16.3 Å². The zero-order valence-electron chi connectivity index (χ0n) is 24.7. The largest absolute Gasteiger partial charge is 0.503 e. The van der Waals surface area contributed by atoms with Gasteiger partial charge in [-0.15, -0.1) is 11.3 Å². The molecule has 1 fully saturated rings. The van der Waals surface area contributed by atoms with Crippen LogP contribution in [0.2, 0.25) is 0 Å². The monoisotopic (exact) mass is 706 g/mol. The number of nitrogen functional groups attached to an aromatic ring is 1. The van der Waals surface area contributed by atoms with Crippen molar-refractivity contribution in [1.29, 1.82) is 0 Å². The molecule has 22 heteroatoms. The summed E-state index contributed by atoms with van der Waals surface area (Å²) < 4.78 is 33.5. The molecule has 0 spiro atoms. The third kappa shape index (κ3) is 7.73. The van der Waals surface area contributed by atoms with Crippen LogP contribution in [-0.4, -0.2) is 97.0 Å². The van der Waals surface area contributed by atoms with Crippen molar-refractivity contribution in [3.05, 3.63) is 69.1 Å². The number of oxime groups is 1. The van der Waals surface area contributed by atoms with Gasteiger partial charge in [-0.2, -0.15) is 8.42 Å². The second kappa shape index (κ2) is 13.5. The summed E-state index contributed by atoms with van der Waals surface area (Å²) in [4.78, 5) is 85.5. The lowest BCUT2D eigenvalue weighted by Crippen LogP contribution is -2.74. The molecule has 2 aromatic heterocycles. The fourth-order valence-corrected chi connectivity index (χ4v) is 5.40. The van der Waals surface area contributed by atoms with Crippen LogP contribution in [0.25, 0.3) is 0 Å². The normalized spacial score (nSPS) is 16.4. The molecule has 1 saturated heterocycles. The highest BCUT2D eigenvalue weighted by Crippen LogP contribution is 2.24. The van der Waals surface area contributed by atoms with Gasteiger partial charge in [0.25, 0.3) is 23.6 Å². The lowest BCUT2D eigenvalue weighted by atomic mass is 9.98. The molecule has 254 valence electrons. The number of rotatable bonds is 12. The number of nitrogens with two attached hydrogens (primary N) is 1. The van der Waals surface area contributed by atoms with Crippen molar-refractivity contribution in [2.45, 2.75) is 31.5 Å². The maximum absolute atomic E-state index is 13.2. The zero-order valence-corrected chi connectivity index (χ0v) is 26.3. The van der Waals surface area contributed by atoms with E-state index >= 15 is 0 Å². The lowest BCUT2D eigenvalue weighted by molar-refractivity contribution is -0.161. The van der Waals surface area contributed by atoms with E-state index in [1.54, 1.807) is 0 Å². The first-order valence-corrected chi connectivity index (χ1v) is 15.6. The molecule has 0 saturated carbocycles. The van der Waals surface area contributed by atoms with Crippen molar-refractivity contribution in [3.8, 4) is 5.75 Å². The molecule has 3 aromatic rings. The Balaban J connectivity index is 1.46. The maximum Gasteiger partial charge on any atom is 0.362 e. The van der Waals surface area contributed by atoms with Crippen LogP contribution in [0.5, 0.6) is 5.75 Å². The Morgan fingerprint density at radius 1 is 1.17 bits per heavy atom. The van der Waals surface area contributed by atoms with Gasteiger partial charge in [0.05, 0.1) is 6.04 Å². The molecule has 1 aliphatic rings. The summed E-state index contributed by atoms with van der Waals surface area (Å²) >= 11 is 0.903. The molecular weight excluding hydrogens is 680 g/mol. The van der Waals surface area contributed by atoms with E-state index in [0.717, 1.165) is 37.4 Å². The van der Waals surface area contributed by atoms with Crippen LogP contribution in [-0.2, 0) is 29.5 Å². The van der Waals surface area contributed by atoms with Crippen LogP contribution in [0.1, 0.15) is 40.4 Å². The summed E-state index contributed by atoms with van der Waals surface area (Å²) in [5.41, 5.74) is 2.27. The Hall–Kier alpha value is -5.87. The van der Waals surface area contributed by atoms with Gasteiger partial charge in [-0.1, -0.05) is 5.16 Å². The minimum absolute atomic E-state index is 0.00458. The Morgan fingerprint density at radius 3 is 2.40 bits per heavy atom.